The molecule has 0 saturated heterocycles. The van der Waals surface area contributed by atoms with Crippen molar-refractivity contribution in [2.45, 2.75) is 18.2 Å². The van der Waals surface area contributed by atoms with Crippen LogP contribution in [0.25, 0.3) is 10.8 Å². The van der Waals surface area contributed by atoms with Crippen LogP contribution >= 0.6 is 0 Å². The van der Waals surface area contributed by atoms with Gasteiger partial charge in [-0.1, -0.05) is 79.7 Å². The number of aryl methyl sites for hydroxylation is 1. The van der Waals surface area contributed by atoms with Crippen LogP contribution in [0.1, 0.15) is 18.1 Å². The van der Waals surface area contributed by atoms with E-state index in [1.807, 2.05) is 61.5 Å². The average molecular weight is 472 g/mol. The quantitative estimate of drug-likeness (QED) is 0.298. The van der Waals surface area contributed by atoms with Gasteiger partial charge in [-0.3, -0.25) is 9.10 Å². The van der Waals surface area contributed by atoms with Crippen molar-refractivity contribution in [1.29, 1.82) is 0 Å². The molecule has 6 nitrogen and oxygen atoms in total. The molecule has 0 spiro atoms. The number of fused-ring (bicyclic) bond motifs is 1. The first-order valence-electron chi connectivity index (χ1n) is 11.0. The Morgan fingerprint density at radius 2 is 1.56 bits per heavy atom. The highest BCUT2D eigenvalue weighted by atomic mass is 32.2. The lowest BCUT2D eigenvalue weighted by Crippen LogP contribution is -2.39. The Balaban J connectivity index is 1.57. The van der Waals surface area contributed by atoms with E-state index in [9.17, 15) is 13.2 Å². The minimum Gasteiger partial charge on any atom is -0.271 e. The topological polar surface area (TPSA) is 78.8 Å². The van der Waals surface area contributed by atoms with Gasteiger partial charge in [0, 0.05) is 5.56 Å². The van der Waals surface area contributed by atoms with E-state index in [4.69, 9.17) is 0 Å². The van der Waals surface area contributed by atoms with Crippen LogP contribution in [0.2, 0.25) is 0 Å². The highest BCUT2D eigenvalue weighted by Crippen LogP contribution is 2.24. The maximum atomic E-state index is 13.4. The molecule has 0 atom stereocenters. The smallest absolute Gasteiger partial charge is 0.264 e. The minimum atomic E-state index is -3.95. The summed E-state index contributed by atoms with van der Waals surface area (Å²) in [6, 6.07) is 28.9. The largest absolute Gasteiger partial charge is 0.271 e. The second kappa shape index (κ2) is 10.3. The summed E-state index contributed by atoms with van der Waals surface area (Å²) in [5, 5.41) is 6.14. The van der Waals surface area contributed by atoms with Crippen molar-refractivity contribution in [1.82, 2.24) is 5.43 Å². The summed E-state index contributed by atoms with van der Waals surface area (Å²) in [6.45, 7) is 1.62. The van der Waals surface area contributed by atoms with Gasteiger partial charge in [0.05, 0.1) is 16.8 Å². The molecule has 34 heavy (non-hydrogen) atoms. The monoisotopic (exact) mass is 471 g/mol. The molecule has 4 aromatic carbocycles. The zero-order valence-corrected chi connectivity index (χ0v) is 19.6. The fourth-order valence-electron chi connectivity index (χ4n) is 3.64. The predicted molar refractivity (Wildman–Crippen MR) is 136 cm³/mol. The highest BCUT2D eigenvalue weighted by molar-refractivity contribution is 7.92. The molecule has 0 aliphatic heterocycles. The molecule has 172 valence electrons. The van der Waals surface area contributed by atoms with Crippen LogP contribution in [-0.4, -0.2) is 27.1 Å². The summed E-state index contributed by atoms with van der Waals surface area (Å²) >= 11 is 0. The molecule has 0 unspecified atom stereocenters. The summed E-state index contributed by atoms with van der Waals surface area (Å²) < 4.78 is 27.8. The number of amides is 1. The fraction of sp³-hybridized carbons (Fsp3) is 0.111. The Bertz CT molecular complexity index is 1410. The number of nitrogens with one attached hydrogen (secondary N) is 1. The number of anilines is 1. The zero-order valence-electron chi connectivity index (χ0n) is 18.8. The van der Waals surface area contributed by atoms with Crippen LogP contribution in [-0.2, 0) is 21.2 Å². The van der Waals surface area contributed by atoms with E-state index in [1.165, 1.54) is 12.1 Å². The number of rotatable bonds is 8. The molecule has 0 radical (unpaired) electrons. The van der Waals surface area contributed by atoms with E-state index in [0.717, 1.165) is 32.6 Å². The fourth-order valence-corrected chi connectivity index (χ4v) is 5.08. The van der Waals surface area contributed by atoms with E-state index in [-0.39, 0.29) is 4.90 Å². The Morgan fingerprint density at radius 1 is 0.882 bits per heavy atom. The van der Waals surface area contributed by atoms with Crippen molar-refractivity contribution < 1.29 is 13.2 Å². The molecule has 4 rings (SSSR count). The van der Waals surface area contributed by atoms with Gasteiger partial charge in [0.25, 0.3) is 15.9 Å². The van der Waals surface area contributed by atoms with Gasteiger partial charge in [0.15, 0.2) is 0 Å². The van der Waals surface area contributed by atoms with Crippen molar-refractivity contribution in [3.63, 3.8) is 0 Å². The van der Waals surface area contributed by atoms with Crippen molar-refractivity contribution in [3.05, 3.63) is 108 Å². The molecule has 0 aliphatic rings. The van der Waals surface area contributed by atoms with Crippen LogP contribution in [0.5, 0.6) is 0 Å². The predicted octanol–water partition coefficient (Wildman–Crippen LogP) is 4.75. The number of nitrogens with zero attached hydrogens (tertiary/aromatic N) is 2. The molecule has 0 fully saturated rings. The van der Waals surface area contributed by atoms with E-state index >= 15 is 0 Å². The van der Waals surface area contributed by atoms with Gasteiger partial charge >= 0.3 is 0 Å². The zero-order chi connectivity index (χ0) is 24.0. The van der Waals surface area contributed by atoms with Gasteiger partial charge in [0.2, 0.25) is 0 Å². The van der Waals surface area contributed by atoms with Crippen LogP contribution < -0.4 is 9.73 Å². The maximum Gasteiger partial charge on any atom is 0.264 e. The van der Waals surface area contributed by atoms with Gasteiger partial charge in [-0.25, -0.2) is 13.8 Å². The van der Waals surface area contributed by atoms with E-state index in [0.29, 0.717) is 5.69 Å². The molecule has 0 saturated carbocycles. The van der Waals surface area contributed by atoms with Crippen molar-refractivity contribution >= 4 is 38.6 Å². The van der Waals surface area contributed by atoms with Crippen molar-refractivity contribution in [3.8, 4) is 0 Å². The molecular weight excluding hydrogens is 446 g/mol. The normalized spacial score (nSPS) is 11.6. The van der Waals surface area contributed by atoms with Gasteiger partial charge < -0.3 is 0 Å². The number of carbonyl (C=O) groups excluding carboxylic acids is 1. The summed E-state index contributed by atoms with van der Waals surface area (Å²) in [6.07, 6.45) is 2.39. The second-order valence-corrected chi connectivity index (χ2v) is 9.57. The van der Waals surface area contributed by atoms with Gasteiger partial charge in [0.1, 0.15) is 6.54 Å². The molecule has 4 aromatic rings. The van der Waals surface area contributed by atoms with Crippen molar-refractivity contribution in [2.75, 3.05) is 10.8 Å². The first-order chi connectivity index (χ1) is 16.5. The second-order valence-electron chi connectivity index (χ2n) is 7.71. The molecule has 0 heterocycles. The van der Waals surface area contributed by atoms with Crippen LogP contribution in [0, 0.1) is 0 Å². The number of carbonyl (C=O) groups is 1. The Morgan fingerprint density at radius 3 is 2.29 bits per heavy atom. The van der Waals surface area contributed by atoms with E-state index in [2.05, 4.69) is 10.5 Å². The van der Waals surface area contributed by atoms with Gasteiger partial charge in [-0.15, -0.1) is 0 Å². The average Bonchev–Trinajstić information content (AvgIpc) is 2.88. The third-order valence-corrected chi connectivity index (χ3v) is 7.26. The number of benzene rings is 4. The van der Waals surface area contributed by atoms with Crippen LogP contribution in [0.3, 0.4) is 0 Å². The lowest BCUT2D eigenvalue weighted by Gasteiger charge is -2.24. The van der Waals surface area contributed by atoms with Crippen LogP contribution in [0.15, 0.2) is 107 Å². The van der Waals surface area contributed by atoms with E-state index < -0.39 is 22.5 Å². The summed E-state index contributed by atoms with van der Waals surface area (Å²) in [7, 11) is -3.95. The first-order valence-corrected chi connectivity index (χ1v) is 12.4. The lowest BCUT2D eigenvalue weighted by atomic mass is 10.1. The maximum absolute atomic E-state index is 13.4. The Hall–Kier alpha value is -3.97. The van der Waals surface area contributed by atoms with E-state index in [1.54, 1.807) is 36.5 Å². The van der Waals surface area contributed by atoms with Crippen molar-refractivity contribution in [2.24, 2.45) is 5.10 Å². The molecule has 0 aromatic heterocycles. The number of hydrazone groups is 1. The highest BCUT2D eigenvalue weighted by Gasteiger charge is 2.27. The lowest BCUT2D eigenvalue weighted by molar-refractivity contribution is -0.119. The third-order valence-electron chi connectivity index (χ3n) is 5.47. The Kier molecular flexibility index (Phi) is 7.04. The summed E-state index contributed by atoms with van der Waals surface area (Å²) in [5.41, 5.74) is 4.80. The SMILES string of the molecule is CCc1ccc(N(CC(=O)N/N=C\c2cccc3ccccc23)S(=O)(=O)c2ccccc2)cc1. The molecular formula is C27H25N3O3S. The molecule has 0 bridgehead atoms. The van der Waals surface area contributed by atoms with Gasteiger partial charge in [-0.05, 0) is 47.0 Å². The Labute approximate surface area is 199 Å². The minimum absolute atomic E-state index is 0.113. The molecule has 7 heteroatoms. The summed E-state index contributed by atoms with van der Waals surface area (Å²) in [5.74, 6) is -0.546. The molecule has 1 amide bonds. The van der Waals surface area contributed by atoms with Gasteiger partial charge in [-0.2, -0.15) is 5.10 Å². The number of hydrogen-bond donors (Lipinski definition) is 1. The summed E-state index contributed by atoms with van der Waals surface area (Å²) in [4.78, 5) is 12.9. The van der Waals surface area contributed by atoms with Crippen LogP contribution in [0.4, 0.5) is 5.69 Å². The number of sulfonamides is 1. The molecule has 0 aliphatic carbocycles. The molecule has 1 N–H and O–H groups in total. The number of hydrogen-bond acceptors (Lipinski definition) is 4. The third kappa shape index (κ3) is 5.15. The first kappa shape index (κ1) is 23.2. The standard InChI is InChI=1S/C27H25N3O3S/c1-2-21-15-17-24(18-16-21)30(34(32,33)25-12-4-3-5-13-25)20-27(31)29-28-19-23-11-8-10-22-9-6-7-14-26(22)23/h3-19H,2,20H2,1H3,(H,29,31)/b28-19-.